The van der Waals surface area contributed by atoms with Gasteiger partial charge in [-0.15, -0.1) is 11.3 Å². The van der Waals surface area contributed by atoms with Gasteiger partial charge < -0.3 is 4.74 Å². The van der Waals surface area contributed by atoms with Crippen LogP contribution in [-0.2, 0) is 12.8 Å². The van der Waals surface area contributed by atoms with Gasteiger partial charge in [0.1, 0.15) is 10.6 Å². The lowest BCUT2D eigenvalue weighted by Crippen LogP contribution is -2.23. The summed E-state index contributed by atoms with van der Waals surface area (Å²) in [7, 11) is 0. The number of aromatic nitrogens is 2. The molecule has 164 valence electrons. The van der Waals surface area contributed by atoms with E-state index in [-0.39, 0.29) is 23.6 Å². The smallest absolute Gasteiger partial charge is 0.267 e. The van der Waals surface area contributed by atoms with Gasteiger partial charge in [-0.1, -0.05) is 36.0 Å². The molecule has 0 atom stereocenters. The molecule has 1 aliphatic rings. The standard InChI is InChI=1S/C24H20F2N2O2S2/c25-16-8-2-4-10-18(16)28-23(29)21-15-7-1-6-12-20(15)32-22(21)27-24(28)31-14-13-30-19-11-5-3-9-17(19)26/h2-5,8-11H,1,6-7,12-14H2. The van der Waals surface area contributed by atoms with Crippen LogP contribution in [-0.4, -0.2) is 21.9 Å². The molecule has 0 saturated carbocycles. The Hall–Kier alpha value is -2.71. The number of para-hydroxylation sites is 2. The van der Waals surface area contributed by atoms with Crippen LogP contribution in [0.4, 0.5) is 8.78 Å². The van der Waals surface area contributed by atoms with Crippen molar-refractivity contribution in [2.24, 2.45) is 0 Å². The van der Waals surface area contributed by atoms with Crippen molar-refractivity contribution in [1.29, 1.82) is 0 Å². The summed E-state index contributed by atoms with van der Waals surface area (Å²) in [6, 6.07) is 12.4. The molecule has 4 nitrogen and oxygen atoms in total. The molecule has 0 saturated heterocycles. The van der Waals surface area contributed by atoms with Crippen molar-refractivity contribution in [2.75, 3.05) is 12.4 Å². The van der Waals surface area contributed by atoms with Gasteiger partial charge in [0.15, 0.2) is 16.7 Å². The molecular formula is C24H20F2N2O2S2. The number of nitrogens with zero attached hydrogens (tertiary/aromatic N) is 2. The summed E-state index contributed by atoms with van der Waals surface area (Å²) in [5, 5.41) is 1.02. The van der Waals surface area contributed by atoms with E-state index in [1.807, 2.05) is 0 Å². The van der Waals surface area contributed by atoms with Crippen LogP contribution in [0.5, 0.6) is 5.75 Å². The maximum Gasteiger partial charge on any atom is 0.267 e. The Bertz CT molecular complexity index is 1350. The maximum absolute atomic E-state index is 14.7. The van der Waals surface area contributed by atoms with Gasteiger partial charge in [0.2, 0.25) is 0 Å². The molecule has 0 unspecified atom stereocenters. The second-order valence-electron chi connectivity index (χ2n) is 7.50. The summed E-state index contributed by atoms with van der Waals surface area (Å²) < 4.78 is 35.4. The zero-order valence-corrected chi connectivity index (χ0v) is 18.8. The average molecular weight is 471 g/mol. The van der Waals surface area contributed by atoms with E-state index in [4.69, 9.17) is 9.72 Å². The summed E-state index contributed by atoms with van der Waals surface area (Å²) in [6.07, 6.45) is 3.96. The van der Waals surface area contributed by atoms with E-state index in [1.54, 1.807) is 47.7 Å². The Morgan fingerprint density at radius 1 is 1.03 bits per heavy atom. The molecule has 8 heteroatoms. The van der Waals surface area contributed by atoms with Crippen molar-refractivity contribution >= 4 is 33.3 Å². The lowest BCUT2D eigenvalue weighted by molar-refractivity contribution is 0.325. The second kappa shape index (κ2) is 9.03. The van der Waals surface area contributed by atoms with E-state index < -0.39 is 11.6 Å². The predicted molar refractivity (Wildman–Crippen MR) is 124 cm³/mol. The van der Waals surface area contributed by atoms with Gasteiger partial charge in [-0.2, -0.15) is 0 Å². The topological polar surface area (TPSA) is 44.1 Å². The largest absolute Gasteiger partial charge is 0.490 e. The molecule has 0 bridgehead atoms. The van der Waals surface area contributed by atoms with Gasteiger partial charge in [0, 0.05) is 10.6 Å². The summed E-state index contributed by atoms with van der Waals surface area (Å²) in [4.78, 5) is 20.3. The van der Waals surface area contributed by atoms with Crippen molar-refractivity contribution in [3.05, 3.63) is 81.0 Å². The minimum atomic E-state index is -0.482. The van der Waals surface area contributed by atoms with Crippen LogP contribution >= 0.6 is 23.1 Å². The summed E-state index contributed by atoms with van der Waals surface area (Å²) >= 11 is 2.86. The molecule has 32 heavy (non-hydrogen) atoms. The van der Waals surface area contributed by atoms with Gasteiger partial charge in [0.05, 0.1) is 17.7 Å². The molecule has 0 spiro atoms. The minimum absolute atomic E-state index is 0.175. The predicted octanol–water partition coefficient (Wildman–Crippen LogP) is 5.78. The SMILES string of the molecule is O=c1c2c3c(sc2nc(SCCOc2ccccc2F)n1-c1ccccc1F)CCCC3. The number of hydrogen-bond donors (Lipinski definition) is 0. The number of halogens is 2. The van der Waals surface area contributed by atoms with E-state index in [0.29, 0.717) is 21.1 Å². The fraction of sp³-hybridized carbons (Fsp3) is 0.250. The number of aryl methyl sites for hydroxylation is 2. The Morgan fingerprint density at radius 2 is 1.78 bits per heavy atom. The monoisotopic (exact) mass is 470 g/mol. The number of ether oxygens (including phenoxy) is 1. The van der Waals surface area contributed by atoms with Crippen molar-refractivity contribution in [1.82, 2.24) is 9.55 Å². The first-order valence-electron chi connectivity index (χ1n) is 10.5. The molecule has 2 aromatic carbocycles. The van der Waals surface area contributed by atoms with Gasteiger partial charge >= 0.3 is 0 Å². The van der Waals surface area contributed by atoms with Crippen molar-refractivity contribution < 1.29 is 13.5 Å². The van der Waals surface area contributed by atoms with Crippen LogP contribution in [0.25, 0.3) is 15.9 Å². The van der Waals surface area contributed by atoms with Crippen LogP contribution in [0.2, 0.25) is 0 Å². The quantitative estimate of drug-likeness (QED) is 0.204. The van der Waals surface area contributed by atoms with Gasteiger partial charge in [0.25, 0.3) is 5.56 Å². The maximum atomic E-state index is 14.7. The van der Waals surface area contributed by atoms with Crippen LogP contribution in [0.3, 0.4) is 0 Å². The fourth-order valence-corrected chi connectivity index (χ4v) is 6.10. The highest BCUT2D eigenvalue weighted by molar-refractivity contribution is 7.99. The molecule has 0 radical (unpaired) electrons. The van der Waals surface area contributed by atoms with E-state index >= 15 is 0 Å². The van der Waals surface area contributed by atoms with E-state index in [0.717, 1.165) is 31.2 Å². The molecule has 0 N–H and O–H groups in total. The lowest BCUT2D eigenvalue weighted by atomic mass is 9.97. The highest BCUT2D eigenvalue weighted by Gasteiger charge is 2.23. The minimum Gasteiger partial charge on any atom is -0.490 e. The van der Waals surface area contributed by atoms with Crippen molar-refractivity contribution in [3.63, 3.8) is 0 Å². The first kappa shape index (κ1) is 21.2. The van der Waals surface area contributed by atoms with E-state index in [9.17, 15) is 13.6 Å². The number of hydrogen-bond acceptors (Lipinski definition) is 5. The van der Waals surface area contributed by atoms with Gasteiger partial charge in [-0.05, 0) is 55.5 Å². The van der Waals surface area contributed by atoms with Crippen LogP contribution in [0.15, 0.2) is 58.5 Å². The first-order chi connectivity index (χ1) is 15.6. The third-order valence-corrected chi connectivity index (χ3v) is 7.55. The zero-order valence-electron chi connectivity index (χ0n) is 17.1. The molecule has 4 aromatic rings. The van der Waals surface area contributed by atoms with Crippen molar-refractivity contribution in [3.8, 4) is 11.4 Å². The Balaban J connectivity index is 1.52. The Labute approximate surface area is 191 Å². The third kappa shape index (κ3) is 3.93. The normalized spacial score (nSPS) is 13.3. The molecule has 2 aromatic heterocycles. The average Bonchev–Trinajstić information content (AvgIpc) is 3.17. The number of thioether (sulfide) groups is 1. The van der Waals surface area contributed by atoms with Gasteiger partial charge in [-0.25, -0.2) is 13.8 Å². The molecule has 0 aliphatic heterocycles. The summed E-state index contributed by atoms with van der Waals surface area (Å²) in [5.41, 5.74) is 1.01. The molecule has 1 aliphatic carbocycles. The summed E-state index contributed by atoms with van der Waals surface area (Å²) in [5.74, 6) is -0.311. The van der Waals surface area contributed by atoms with E-state index in [2.05, 4.69) is 0 Å². The van der Waals surface area contributed by atoms with Gasteiger partial charge in [-0.3, -0.25) is 9.36 Å². The van der Waals surface area contributed by atoms with Crippen LogP contribution < -0.4 is 10.3 Å². The number of fused-ring (bicyclic) bond motifs is 3. The highest BCUT2D eigenvalue weighted by atomic mass is 32.2. The molecule has 0 fully saturated rings. The number of rotatable bonds is 6. The second-order valence-corrected chi connectivity index (χ2v) is 9.65. The molecule has 2 heterocycles. The summed E-state index contributed by atoms with van der Waals surface area (Å²) in [6.45, 7) is 0.220. The Kier molecular flexibility index (Phi) is 5.97. The number of benzene rings is 2. The molecule has 0 amide bonds. The highest BCUT2D eigenvalue weighted by Crippen LogP contribution is 2.35. The number of thiophene rings is 1. The third-order valence-electron chi connectivity index (χ3n) is 5.46. The van der Waals surface area contributed by atoms with Crippen LogP contribution in [0, 0.1) is 11.6 Å². The van der Waals surface area contributed by atoms with E-state index in [1.165, 1.54) is 33.3 Å². The molecular weight excluding hydrogens is 450 g/mol. The fourth-order valence-electron chi connectivity index (χ4n) is 3.98. The first-order valence-corrected chi connectivity index (χ1v) is 12.3. The van der Waals surface area contributed by atoms with Crippen molar-refractivity contribution in [2.45, 2.75) is 30.8 Å². The Morgan fingerprint density at radius 3 is 2.59 bits per heavy atom. The molecule has 5 rings (SSSR count). The lowest BCUT2D eigenvalue weighted by Gasteiger charge is -2.14. The van der Waals surface area contributed by atoms with Crippen LogP contribution in [0.1, 0.15) is 23.3 Å². The zero-order chi connectivity index (χ0) is 22.1.